The van der Waals surface area contributed by atoms with Crippen molar-refractivity contribution >= 4 is 29.3 Å². The van der Waals surface area contributed by atoms with Crippen molar-refractivity contribution in [2.24, 2.45) is 11.8 Å². The van der Waals surface area contributed by atoms with Crippen molar-refractivity contribution in [3.8, 4) is 0 Å². The van der Waals surface area contributed by atoms with Gasteiger partial charge in [0, 0.05) is 11.5 Å². The zero-order chi connectivity index (χ0) is 19.2. The van der Waals surface area contributed by atoms with Crippen LogP contribution in [0.5, 0.6) is 0 Å². The van der Waals surface area contributed by atoms with Crippen molar-refractivity contribution in [3.05, 3.63) is 47.7 Å². The number of hydrogen-bond acceptors (Lipinski definition) is 7. The van der Waals surface area contributed by atoms with E-state index in [0.29, 0.717) is 17.6 Å². The van der Waals surface area contributed by atoms with E-state index in [9.17, 15) is 9.59 Å². The number of esters is 1. The number of epoxide rings is 1. The number of fused-ring (bicyclic) bond motifs is 3. The second-order valence-corrected chi connectivity index (χ2v) is 7.32. The maximum Gasteiger partial charge on any atom is 0.337 e. The summed E-state index contributed by atoms with van der Waals surface area (Å²) in [5.74, 6) is -1.12. The fourth-order valence-electron chi connectivity index (χ4n) is 4.03. The van der Waals surface area contributed by atoms with E-state index in [4.69, 9.17) is 31.2 Å². The van der Waals surface area contributed by atoms with Gasteiger partial charge in [-0.05, 0) is 37.7 Å². The maximum absolute atomic E-state index is 12.2. The van der Waals surface area contributed by atoms with Crippen molar-refractivity contribution < 1.29 is 28.5 Å². The molecule has 2 fully saturated rings. The van der Waals surface area contributed by atoms with E-state index in [2.05, 4.69) is 5.32 Å². The molecule has 5 atom stereocenters. The molecule has 0 aromatic heterocycles. The van der Waals surface area contributed by atoms with Gasteiger partial charge >= 0.3 is 5.97 Å². The number of nitrogens with one attached hydrogen (secondary N) is 1. The van der Waals surface area contributed by atoms with Crippen LogP contribution in [0.15, 0.2) is 42.2 Å². The Bertz CT molecular complexity index is 825. The first-order valence-electron chi connectivity index (χ1n) is 8.62. The first kappa shape index (κ1) is 17.9. The molecule has 0 bridgehead atoms. The molecule has 4 rings (SSSR count). The lowest BCUT2D eigenvalue weighted by molar-refractivity contribution is -0.146. The Hall–Kier alpha value is -2.45. The second-order valence-electron chi connectivity index (χ2n) is 6.95. The van der Waals surface area contributed by atoms with Crippen LogP contribution in [0.3, 0.4) is 0 Å². The fourth-order valence-corrected chi connectivity index (χ4v) is 4.21. The third-order valence-electron chi connectivity index (χ3n) is 5.46. The summed E-state index contributed by atoms with van der Waals surface area (Å²) in [4.78, 5) is 24.3. The van der Waals surface area contributed by atoms with Gasteiger partial charge in [0.1, 0.15) is 5.60 Å². The third kappa shape index (κ3) is 3.08. The van der Waals surface area contributed by atoms with E-state index in [0.717, 1.165) is 0 Å². The second kappa shape index (κ2) is 6.61. The lowest BCUT2D eigenvalue weighted by Crippen LogP contribution is -2.45. The number of amides is 1. The lowest BCUT2D eigenvalue weighted by atomic mass is 9.82. The summed E-state index contributed by atoms with van der Waals surface area (Å²) in [7, 11) is 1.34. The Balaban J connectivity index is 1.47. The monoisotopic (exact) mass is 389 g/mol. The van der Waals surface area contributed by atoms with Crippen molar-refractivity contribution in [1.82, 2.24) is 5.32 Å². The number of hydrogen-bond donors (Lipinski definition) is 1. The molecular formula is C19H19NO6S. The largest absolute Gasteiger partial charge is 0.466 e. The number of methoxy groups -OCH3 is 1. The van der Waals surface area contributed by atoms with E-state index >= 15 is 0 Å². The Kier molecular flexibility index (Phi) is 4.39. The number of thiocarbonyl (C=S) groups is 1. The van der Waals surface area contributed by atoms with Gasteiger partial charge in [0.2, 0.25) is 6.29 Å². The molecule has 142 valence electrons. The summed E-state index contributed by atoms with van der Waals surface area (Å²) in [6, 6.07) is 8.70. The van der Waals surface area contributed by atoms with Gasteiger partial charge in [0.25, 0.3) is 11.1 Å². The van der Waals surface area contributed by atoms with E-state index in [-0.39, 0.29) is 29.0 Å². The highest BCUT2D eigenvalue weighted by molar-refractivity contribution is 7.80. The summed E-state index contributed by atoms with van der Waals surface area (Å²) in [6.45, 7) is 1.97. The van der Waals surface area contributed by atoms with Crippen LogP contribution in [0.1, 0.15) is 23.7 Å². The molecule has 1 saturated carbocycles. The highest BCUT2D eigenvalue weighted by Crippen LogP contribution is 2.61. The minimum absolute atomic E-state index is 0.0424. The molecule has 1 aliphatic carbocycles. The molecule has 1 aromatic rings. The van der Waals surface area contributed by atoms with Gasteiger partial charge in [0.15, 0.2) is 0 Å². The summed E-state index contributed by atoms with van der Waals surface area (Å²) < 4.78 is 22.0. The highest BCUT2D eigenvalue weighted by atomic mass is 32.1. The molecule has 7 nitrogen and oxygen atoms in total. The average molecular weight is 389 g/mol. The fraction of sp³-hybridized carbons (Fsp3) is 0.421. The molecule has 2 aliphatic heterocycles. The molecular weight excluding hydrogens is 370 g/mol. The third-order valence-corrected chi connectivity index (χ3v) is 5.66. The number of benzene rings is 1. The Morgan fingerprint density at radius 1 is 1.30 bits per heavy atom. The average Bonchev–Trinajstić information content (AvgIpc) is 3.22. The first-order valence-corrected chi connectivity index (χ1v) is 9.03. The van der Waals surface area contributed by atoms with Gasteiger partial charge < -0.3 is 18.9 Å². The smallest absolute Gasteiger partial charge is 0.337 e. The van der Waals surface area contributed by atoms with E-state index in [1.54, 1.807) is 24.3 Å². The number of carbonyl (C=O) groups is 2. The number of rotatable bonds is 3. The molecule has 4 unspecified atom stereocenters. The molecule has 2 heterocycles. The van der Waals surface area contributed by atoms with Gasteiger partial charge in [0.05, 0.1) is 31.0 Å². The van der Waals surface area contributed by atoms with Gasteiger partial charge in [-0.3, -0.25) is 10.1 Å². The van der Waals surface area contributed by atoms with Crippen LogP contribution in [0, 0.1) is 11.8 Å². The molecule has 27 heavy (non-hydrogen) atoms. The molecule has 0 radical (unpaired) electrons. The van der Waals surface area contributed by atoms with Gasteiger partial charge in [-0.15, -0.1) is 0 Å². The zero-order valence-electron chi connectivity index (χ0n) is 14.8. The molecule has 8 heteroatoms. The van der Waals surface area contributed by atoms with Crippen molar-refractivity contribution in [3.63, 3.8) is 0 Å². The summed E-state index contributed by atoms with van der Waals surface area (Å²) in [5.41, 5.74) is 0.498. The Labute approximate surface area is 161 Å². The van der Waals surface area contributed by atoms with Gasteiger partial charge in [-0.2, -0.15) is 0 Å². The SMILES string of the molecule is COC(=O)C1=COC(OC(=S)NC(=O)c2ccccc2)C2C1CC1O[C@@]12C. The highest BCUT2D eigenvalue weighted by Gasteiger charge is 2.70. The Morgan fingerprint density at radius 3 is 2.74 bits per heavy atom. The van der Waals surface area contributed by atoms with Crippen molar-refractivity contribution in [2.45, 2.75) is 31.3 Å². The van der Waals surface area contributed by atoms with Crippen molar-refractivity contribution in [1.29, 1.82) is 0 Å². The molecule has 1 aromatic carbocycles. The molecule has 1 saturated heterocycles. The lowest BCUT2D eigenvalue weighted by Gasteiger charge is -2.36. The minimum Gasteiger partial charge on any atom is -0.466 e. The van der Waals surface area contributed by atoms with E-state index in [1.165, 1.54) is 13.4 Å². The van der Waals surface area contributed by atoms with Gasteiger partial charge in [-0.1, -0.05) is 18.2 Å². The van der Waals surface area contributed by atoms with Crippen LogP contribution in [0.25, 0.3) is 0 Å². The molecule has 0 spiro atoms. The van der Waals surface area contributed by atoms with Crippen LogP contribution in [-0.4, -0.2) is 42.2 Å². The van der Waals surface area contributed by atoms with Crippen LogP contribution < -0.4 is 5.32 Å². The number of carbonyl (C=O) groups excluding carboxylic acids is 2. The van der Waals surface area contributed by atoms with E-state index < -0.39 is 17.9 Å². The van der Waals surface area contributed by atoms with Crippen molar-refractivity contribution in [2.75, 3.05) is 7.11 Å². The summed E-state index contributed by atoms with van der Waals surface area (Å²) >= 11 is 5.18. The topological polar surface area (TPSA) is 86.4 Å². The van der Waals surface area contributed by atoms with Gasteiger partial charge in [-0.25, -0.2) is 4.79 Å². The summed E-state index contributed by atoms with van der Waals surface area (Å²) in [5, 5.41) is 2.46. The zero-order valence-corrected chi connectivity index (χ0v) is 15.7. The first-order chi connectivity index (χ1) is 12.9. The predicted molar refractivity (Wildman–Crippen MR) is 97.4 cm³/mol. The van der Waals surface area contributed by atoms with E-state index in [1.807, 2.05) is 13.0 Å². The summed E-state index contributed by atoms with van der Waals surface area (Å²) in [6.07, 6.45) is 1.34. The predicted octanol–water partition coefficient (Wildman–Crippen LogP) is 1.92. The molecule has 1 amide bonds. The molecule has 3 aliphatic rings. The standard InChI is InChI=1S/C19H19NO6S/c1-19-13(26-19)8-11-12(16(22)23-2)9-24-17(14(11)19)25-18(27)20-15(21)10-6-4-3-5-7-10/h3-7,9,11,13-14,17H,8H2,1-2H3,(H,20,21,27)/t11?,13?,14?,17?,19-/m0/s1. The maximum atomic E-state index is 12.2. The van der Waals surface area contributed by atoms with Crippen LogP contribution in [-0.2, 0) is 23.7 Å². The van der Waals surface area contributed by atoms with Crippen LogP contribution in [0.4, 0.5) is 0 Å². The van der Waals surface area contributed by atoms with Crippen LogP contribution >= 0.6 is 12.2 Å². The quantitative estimate of drug-likeness (QED) is 0.480. The molecule has 1 N–H and O–H groups in total. The van der Waals surface area contributed by atoms with Crippen LogP contribution in [0.2, 0.25) is 0 Å². The normalized spacial score (nSPS) is 32.9. The minimum atomic E-state index is -0.760. The number of ether oxygens (including phenoxy) is 4. The Morgan fingerprint density at radius 2 is 2.04 bits per heavy atom.